The molecular weight excluding hydrogens is 432 g/mol. The topological polar surface area (TPSA) is 85.2 Å². The van der Waals surface area contributed by atoms with Gasteiger partial charge in [0.15, 0.2) is 0 Å². The molecule has 2 aliphatic carbocycles. The number of allylic oxidation sites excluding steroid dienone is 2. The Morgan fingerprint density at radius 2 is 1.91 bits per heavy atom. The van der Waals surface area contributed by atoms with Gasteiger partial charge in [-0.3, -0.25) is 15.0 Å². The van der Waals surface area contributed by atoms with Crippen LogP contribution < -0.4 is 4.90 Å². The fourth-order valence-corrected chi connectivity index (χ4v) is 5.69. The van der Waals surface area contributed by atoms with Crippen LogP contribution in [0.3, 0.4) is 0 Å². The monoisotopic (exact) mass is 452 g/mol. The van der Waals surface area contributed by atoms with E-state index in [0.29, 0.717) is 5.56 Å². The molecule has 0 N–H and O–H groups in total. The number of ether oxygens (including phenoxy) is 2. The van der Waals surface area contributed by atoms with Crippen molar-refractivity contribution in [2.24, 2.45) is 5.92 Å². The van der Waals surface area contributed by atoms with Gasteiger partial charge >= 0.3 is 6.09 Å². The summed E-state index contributed by atoms with van der Waals surface area (Å²) in [6, 6.07) is 13.2. The molecule has 2 aromatic rings. The van der Waals surface area contributed by atoms with Gasteiger partial charge in [-0.25, -0.2) is 4.79 Å². The number of nitro benzene ring substituents is 1. The Bertz CT molecular complexity index is 1360. The first kappa shape index (κ1) is 20.5. The number of hydrogen-bond acceptors (Lipinski definition) is 5. The lowest BCUT2D eigenvalue weighted by Crippen LogP contribution is -2.57. The first-order chi connectivity index (χ1) is 16.6. The fraction of sp³-hybridized carbons (Fsp3) is 0.296. The van der Waals surface area contributed by atoms with Crippen LogP contribution in [0.4, 0.5) is 16.2 Å². The van der Waals surface area contributed by atoms with Gasteiger partial charge in [0.2, 0.25) is 0 Å². The van der Waals surface area contributed by atoms with Crippen molar-refractivity contribution < 1.29 is 19.2 Å². The SMILES string of the molecule is O=C(OCc1ccc([N+](=O)[O-])cc1)N1c2ccccc2C23OC24CCCC3C#C/C=C\C#CC14. The number of amides is 1. The van der Waals surface area contributed by atoms with Gasteiger partial charge in [0, 0.05) is 17.7 Å². The number of non-ortho nitro benzene ring substituents is 1. The van der Waals surface area contributed by atoms with Crippen molar-refractivity contribution in [3.63, 3.8) is 0 Å². The Balaban J connectivity index is 1.38. The molecule has 4 bridgehead atoms. The van der Waals surface area contributed by atoms with Crippen LogP contribution in [-0.4, -0.2) is 22.7 Å². The lowest BCUT2D eigenvalue weighted by atomic mass is 9.64. The predicted molar refractivity (Wildman–Crippen MR) is 124 cm³/mol. The van der Waals surface area contributed by atoms with Gasteiger partial charge in [-0.2, -0.15) is 0 Å². The molecule has 34 heavy (non-hydrogen) atoms. The van der Waals surface area contributed by atoms with E-state index in [0.717, 1.165) is 30.5 Å². The molecule has 4 unspecified atom stereocenters. The van der Waals surface area contributed by atoms with E-state index in [9.17, 15) is 14.9 Å². The maximum Gasteiger partial charge on any atom is 0.415 e. The van der Waals surface area contributed by atoms with E-state index in [1.54, 1.807) is 29.2 Å². The van der Waals surface area contributed by atoms with Crippen LogP contribution in [0.25, 0.3) is 0 Å². The van der Waals surface area contributed by atoms with Gasteiger partial charge in [-0.15, -0.1) is 0 Å². The Kier molecular flexibility index (Phi) is 4.52. The fourth-order valence-electron chi connectivity index (χ4n) is 5.69. The molecule has 2 heterocycles. The Labute approximate surface area is 196 Å². The van der Waals surface area contributed by atoms with E-state index in [1.165, 1.54) is 12.1 Å². The highest BCUT2D eigenvalue weighted by Crippen LogP contribution is 2.72. The summed E-state index contributed by atoms with van der Waals surface area (Å²) in [7, 11) is 0. The lowest BCUT2D eigenvalue weighted by molar-refractivity contribution is -0.384. The third kappa shape index (κ3) is 2.81. The first-order valence-electron chi connectivity index (χ1n) is 11.2. The van der Waals surface area contributed by atoms with Gasteiger partial charge in [-0.1, -0.05) is 41.9 Å². The summed E-state index contributed by atoms with van der Waals surface area (Å²) in [6.07, 6.45) is 5.58. The average Bonchev–Trinajstić information content (AvgIpc) is 3.57. The normalized spacial score (nSPS) is 30.2. The molecule has 2 fully saturated rings. The largest absolute Gasteiger partial charge is 0.444 e. The van der Waals surface area contributed by atoms with E-state index >= 15 is 0 Å². The van der Waals surface area contributed by atoms with Crippen LogP contribution in [-0.2, 0) is 21.7 Å². The second-order valence-electron chi connectivity index (χ2n) is 8.85. The van der Waals surface area contributed by atoms with Crippen LogP contribution >= 0.6 is 0 Å². The van der Waals surface area contributed by atoms with Gasteiger partial charge in [-0.05, 0) is 55.2 Å². The molecule has 1 amide bonds. The van der Waals surface area contributed by atoms with Crippen LogP contribution in [0.5, 0.6) is 0 Å². The summed E-state index contributed by atoms with van der Waals surface area (Å²) in [4.78, 5) is 25.6. The zero-order valence-corrected chi connectivity index (χ0v) is 18.2. The minimum atomic E-state index is -0.622. The van der Waals surface area contributed by atoms with Crippen LogP contribution in [0, 0.1) is 39.7 Å². The molecule has 7 nitrogen and oxygen atoms in total. The molecule has 0 aromatic heterocycles. The average molecular weight is 452 g/mol. The summed E-state index contributed by atoms with van der Waals surface area (Å²) < 4.78 is 12.3. The summed E-state index contributed by atoms with van der Waals surface area (Å²) in [6.45, 7) is -0.0113. The molecular formula is C27H20N2O5. The molecule has 1 saturated carbocycles. The molecule has 0 radical (unpaired) electrons. The number of para-hydroxylation sites is 1. The minimum absolute atomic E-state index is 0.0113. The van der Waals surface area contributed by atoms with Gasteiger partial charge in [0.1, 0.15) is 23.9 Å². The number of fused-ring (bicyclic) bond motifs is 1. The van der Waals surface area contributed by atoms with Crippen molar-refractivity contribution in [1.82, 2.24) is 0 Å². The second kappa shape index (κ2) is 7.48. The van der Waals surface area contributed by atoms with Crippen molar-refractivity contribution in [2.45, 2.75) is 43.1 Å². The van der Waals surface area contributed by atoms with E-state index in [1.807, 2.05) is 24.3 Å². The smallest absolute Gasteiger partial charge is 0.415 e. The number of carbonyl (C=O) groups is 1. The maximum atomic E-state index is 13.5. The Hall–Kier alpha value is -4.07. The van der Waals surface area contributed by atoms with Crippen LogP contribution in [0.1, 0.15) is 30.4 Å². The van der Waals surface area contributed by atoms with E-state index in [4.69, 9.17) is 9.47 Å². The highest BCUT2D eigenvalue weighted by molar-refractivity contribution is 5.93. The molecule has 7 heteroatoms. The number of benzene rings is 2. The number of rotatable bonds is 3. The molecule has 1 saturated heterocycles. The minimum Gasteiger partial charge on any atom is -0.444 e. The van der Waals surface area contributed by atoms with Gasteiger partial charge < -0.3 is 9.47 Å². The molecule has 6 rings (SSSR count). The summed E-state index contributed by atoms with van der Waals surface area (Å²) >= 11 is 0. The van der Waals surface area contributed by atoms with Gasteiger partial charge in [0.25, 0.3) is 5.69 Å². The van der Waals surface area contributed by atoms with Crippen LogP contribution in [0.2, 0.25) is 0 Å². The third-order valence-electron chi connectivity index (χ3n) is 7.16. The van der Waals surface area contributed by atoms with Crippen molar-refractivity contribution in [1.29, 1.82) is 0 Å². The van der Waals surface area contributed by atoms with Crippen molar-refractivity contribution in [3.05, 3.63) is 81.9 Å². The number of nitrogens with zero attached hydrogens (tertiary/aromatic N) is 2. The van der Waals surface area contributed by atoms with E-state index < -0.39 is 28.3 Å². The second-order valence-corrected chi connectivity index (χ2v) is 8.85. The molecule has 168 valence electrons. The van der Waals surface area contributed by atoms with E-state index in [-0.39, 0.29) is 18.2 Å². The van der Waals surface area contributed by atoms with E-state index in [2.05, 4.69) is 23.7 Å². The molecule has 0 spiro atoms. The number of carbonyl (C=O) groups excluding carboxylic acids is 1. The van der Waals surface area contributed by atoms with Crippen LogP contribution in [0.15, 0.2) is 60.7 Å². The quantitative estimate of drug-likeness (QED) is 0.297. The summed E-state index contributed by atoms with van der Waals surface area (Å²) in [5.74, 6) is 12.8. The molecule has 4 aliphatic rings. The zero-order chi connectivity index (χ0) is 23.3. The Morgan fingerprint density at radius 3 is 2.71 bits per heavy atom. The molecule has 2 aliphatic heterocycles. The zero-order valence-electron chi connectivity index (χ0n) is 18.2. The highest BCUT2D eigenvalue weighted by Gasteiger charge is 2.81. The van der Waals surface area contributed by atoms with Crippen molar-refractivity contribution in [3.8, 4) is 23.7 Å². The summed E-state index contributed by atoms with van der Waals surface area (Å²) in [5, 5.41) is 10.9. The first-order valence-corrected chi connectivity index (χ1v) is 11.2. The standard InChI is InChI=1S/C27H20N2O5/c30-25(33-18-19-13-15-21(16-14-19)29(31)32)28-23-11-6-5-10-22(23)27-20-8-3-1-2-4-12-24(28)26(27,34-27)17-7-9-20/h1-2,5-6,10-11,13-16,20,24H,7,9,17-18H2/b2-1-. The molecule has 4 atom stereocenters. The number of anilines is 1. The van der Waals surface area contributed by atoms with Crippen molar-refractivity contribution in [2.75, 3.05) is 4.90 Å². The summed E-state index contributed by atoms with van der Waals surface area (Å²) in [5.41, 5.74) is 1.12. The number of epoxide rings is 1. The van der Waals surface area contributed by atoms with Crippen molar-refractivity contribution >= 4 is 17.5 Å². The van der Waals surface area contributed by atoms with Gasteiger partial charge in [0.05, 0.1) is 16.5 Å². The molecule has 2 aromatic carbocycles. The maximum absolute atomic E-state index is 13.5. The number of nitro groups is 1. The Morgan fingerprint density at radius 1 is 1.15 bits per heavy atom. The number of hydrogen-bond donors (Lipinski definition) is 0. The third-order valence-corrected chi connectivity index (χ3v) is 7.16. The predicted octanol–water partition coefficient (Wildman–Crippen LogP) is 4.46. The highest BCUT2D eigenvalue weighted by atomic mass is 16.6. The lowest BCUT2D eigenvalue weighted by Gasteiger charge is -2.43.